The van der Waals surface area contributed by atoms with Crippen LogP contribution in [0.25, 0.3) is 0 Å². The number of piperazine rings is 1. The number of hydrogen-bond acceptors (Lipinski definition) is 4. The molecule has 0 atom stereocenters. The van der Waals surface area contributed by atoms with E-state index in [0.29, 0.717) is 37.5 Å². The van der Waals surface area contributed by atoms with Gasteiger partial charge in [0, 0.05) is 50.0 Å². The zero-order valence-corrected chi connectivity index (χ0v) is 16.3. The molecule has 0 radical (unpaired) electrons. The van der Waals surface area contributed by atoms with Gasteiger partial charge in [0.15, 0.2) is 0 Å². The van der Waals surface area contributed by atoms with E-state index in [4.69, 9.17) is 11.6 Å². The van der Waals surface area contributed by atoms with Gasteiger partial charge in [-0.2, -0.15) is 0 Å². The van der Waals surface area contributed by atoms with Crippen molar-refractivity contribution in [3.63, 3.8) is 0 Å². The highest BCUT2D eigenvalue weighted by Gasteiger charge is 2.58. The molecule has 26 heavy (non-hydrogen) atoms. The van der Waals surface area contributed by atoms with Crippen LogP contribution in [0.4, 0.5) is 5.69 Å². The van der Waals surface area contributed by atoms with Crippen molar-refractivity contribution in [1.82, 2.24) is 15.1 Å². The summed E-state index contributed by atoms with van der Waals surface area (Å²) in [5, 5.41) is 3.64. The molecule has 6 nitrogen and oxygen atoms in total. The number of nitrogens with zero attached hydrogens (tertiary/aromatic N) is 3. The van der Waals surface area contributed by atoms with E-state index in [0.717, 1.165) is 25.3 Å². The lowest BCUT2D eigenvalue weighted by Gasteiger charge is -2.37. The number of anilines is 1. The van der Waals surface area contributed by atoms with Gasteiger partial charge in [-0.25, -0.2) is 0 Å². The lowest BCUT2D eigenvalue weighted by atomic mass is 10.0. The molecule has 1 aromatic carbocycles. The molecule has 2 fully saturated rings. The van der Waals surface area contributed by atoms with Crippen LogP contribution in [-0.4, -0.2) is 75.0 Å². The van der Waals surface area contributed by atoms with Crippen LogP contribution in [0.3, 0.4) is 0 Å². The monoisotopic (exact) mass is 378 g/mol. The zero-order valence-electron chi connectivity index (χ0n) is 15.5. The van der Waals surface area contributed by atoms with Gasteiger partial charge in [0.25, 0.3) is 0 Å². The third-order valence-corrected chi connectivity index (χ3v) is 5.41. The van der Waals surface area contributed by atoms with Crippen LogP contribution in [0.15, 0.2) is 24.3 Å². The summed E-state index contributed by atoms with van der Waals surface area (Å²) in [6.07, 6.45) is 1.32. The van der Waals surface area contributed by atoms with Crippen LogP contribution in [0.2, 0.25) is 5.02 Å². The Bertz CT molecular complexity index is 667. The fourth-order valence-electron chi connectivity index (χ4n) is 3.37. The first kappa shape index (κ1) is 19.0. The van der Waals surface area contributed by atoms with Crippen molar-refractivity contribution in [2.24, 2.45) is 5.41 Å². The second kappa shape index (κ2) is 7.84. The van der Waals surface area contributed by atoms with Crippen molar-refractivity contribution in [1.29, 1.82) is 0 Å². The van der Waals surface area contributed by atoms with Gasteiger partial charge in [-0.15, -0.1) is 0 Å². The SMILES string of the molecule is CN(C)CCNC(=O)C1(C(=O)N2CCN(c3cccc(Cl)c3)CC2)CC1. The standard InChI is InChI=1S/C19H27ClN4O2/c1-22(2)9-8-21-17(25)19(6-7-19)18(26)24-12-10-23(11-13-24)16-5-3-4-15(20)14-16/h3-5,14H,6-13H2,1-2H3,(H,21,25). The van der Waals surface area contributed by atoms with Gasteiger partial charge in [-0.3, -0.25) is 9.59 Å². The number of nitrogens with one attached hydrogen (secondary N) is 1. The number of carbonyl (C=O) groups excluding carboxylic acids is 2. The van der Waals surface area contributed by atoms with Crippen molar-refractivity contribution in [3.8, 4) is 0 Å². The second-order valence-electron chi connectivity index (χ2n) is 7.40. The van der Waals surface area contributed by atoms with Gasteiger partial charge in [0.05, 0.1) is 0 Å². The van der Waals surface area contributed by atoms with E-state index in [-0.39, 0.29) is 11.8 Å². The van der Waals surface area contributed by atoms with Crippen molar-refractivity contribution in [2.45, 2.75) is 12.8 Å². The molecule has 142 valence electrons. The lowest BCUT2D eigenvalue weighted by molar-refractivity contribution is -0.144. The molecule has 0 aromatic heterocycles. The molecule has 0 unspecified atom stereocenters. The highest BCUT2D eigenvalue weighted by Crippen LogP contribution is 2.47. The molecule has 0 spiro atoms. The van der Waals surface area contributed by atoms with E-state index < -0.39 is 5.41 Å². The van der Waals surface area contributed by atoms with Gasteiger partial charge in [0.1, 0.15) is 5.41 Å². The van der Waals surface area contributed by atoms with Crippen LogP contribution >= 0.6 is 11.6 Å². The summed E-state index contributed by atoms with van der Waals surface area (Å²) in [4.78, 5) is 31.5. The predicted molar refractivity (Wildman–Crippen MR) is 103 cm³/mol. The minimum Gasteiger partial charge on any atom is -0.368 e. The Morgan fingerprint density at radius 3 is 2.46 bits per heavy atom. The van der Waals surface area contributed by atoms with Gasteiger partial charge in [-0.1, -0.05) is 17.7 Å². The van der Waals surface area contributed by atoms with Crippen molar-refractivity contribution in [3.05, 3.63) is 29.3 Å². The molecule has 1 aliphatic heterocycles. The second-order valence-corrected chi connectivity index (χ2v) is 7.84. The highest BCUT2D eigenvalue weighted by atomic mass is 35.5. The van der Waals surface area contributed by atoms with E-state index in [2.05, 4.69) is 10.2 Å². The summed E-state index contributed by atoms with van der Waals surface area (Å²) in [5.74, 6) is -0.118. The number of likely N-dealkylation sites (N-methyl/N-ethyl adjacent to an activating group) is 1. The molecule has 7 heteroatoms. The van der Waals surface area contributed by atoms with Crippen LogP contribution in [0.1, 0.15) is 12.8 Å². The molecular formula is C19H27ClN4O2. The third-order valence-electron chi connectivity index (χ3n) is 5.18. The van der Waals surface area contributed by atoms with Crippen LogP contribution < -0.4 is 10.2 Å². The normalized spacial score (nSPS) is 18.8. The molecule has 3 rings (SSSR count). The number of halogens is 1. The topological polar surface area (TPSA) is 55.9 Å². The van der Waals surface area contributed by atoms with Gasteiger partial charge >= 0.3 is 0 Å². The summed E-state index contributed by atoms with van der Waals surface area (Å²) in [5.41, 5.74) is 0.261. The fourth-order valence-corrected chi connectivity index (χ4v) is 3.55. The van der Waals surface area contributed by atoms with Crippen molar-refractivity contribution < 1.29 is 9.59 Å². The Hall–Kier alpha value is -1.79. The van der Waals surface area contributed by atoms with Crippen molar-refractivity contribution in [2.75, 3.05) is 58.3 Å². The maximum Gasteiger partial charge on any atom is 0.238 e. The Balaban J connectivity index is 1.54. The van der Waals surface area contributed by atoms with Gasteiger partial charge in [-0.05, 0) is 45.1 Å². The van der Waals surface area contributed by atoms with Gasteiger partial charge in [0.2, 0.25) is 11.8 Å². The first-order valence-corrected chi connectivity index (χ1v) is 9.53. The first-order valence-electron chi connectivity index (χ1n) is 9.15. The molecule has 1 N–H and O–H groups in total. The Morgan fingerprint density at radius 2 is 1.88 bits per heavy atom. The number of carbonyl (C=O) groups is 2. The molecular weight excluding hydrogens is 352 g/mol. The van der Waals surface area contributed by atoms with Crippen LogP contribution in [-0.2, 0) is 9.59 Å². The van der Waals surface area contributed by atoms with Gasteiger partial charge < -0.3 is 20.0 Å². The lowest BCUT2D eigenvalue weighted by Crippen LogP contribution is -2.53. The highest BCUT2D eigenvalue weighted by molar-refractivity contribution is 6.30. The maximum atomic E-state index is 12.9. The molecule has 1 saturated heterocycles. The maximum absolute atomic E-state index is 12.9. The largest absolute Gasteiger partial charge is 0.368 e. The summed E-state index contributed by atoms with van der Waals surface area (Å²) in [6, 6.07) is 7.77. The number of benzene rings is 1. The minimum atomic E-state index is -0.815. The summed E-state index contributed by atoms with van der Waals surface area (Å²) < 4.78 is 0. The van der Waals surface area contributed by atoms with E-state index in [1.165, 1.54) is 0 Å². The Morgan fingerprint density at radius 1 is 1.19 bits per heavy atom. The third kappa shape index (κ3) is 4.13. The molecule has 1 aliphatic carbocycles. The first-order chi connectivity index (χ1) is 12.4. The molecule has 2 aliphatic rings. The summed E-state index contributed by atoms with van der Waals surface area (Å²) in [7, 11) is 3.92. The average Bonchev–Trinajstić information content (AvgIpc) is 3.43. The van der Waals surface area contributed by atoms with Crippen molar-refractivity contribution >= 4 is 29.1 Å². The van der Waals surface area contributed by atoms with E-state index in [9.17, 15) is 9.59 Å². The minimum absolute atomic E-state index is 0.00871. The van der Waals surface area contributed by atoms with Crippen LogP contribution in [0.5, 0.6) is 0 Å². The summed E-state index contributed by atoms with van der Waals surface area (Å²) >= 11 is 6.07. The molecule has 1 saturated carbocycles. The molecule has 1 aromatic rings. The van der Waals surface area contributed by atoms with E-state index in [1.54, 1.807) is 0 Å². The van der Waals surface area contributed by atoms with E-state index in [1.807, 2.05) is 48.2 Å². The number of hydrogen-bond donors (Lipinski definition) is 1. The Labute approximate surface area is 160 Å². The molecule has 1 heterocycles. The summed E-state index contributed by atoms with van der Waals surface area (Å²) in [6.45, 7) is 4.13. The smallest absolute Gasteiger partial charge is 0.238 e. The zero-order chi connectivity index (χ0) is 18.7. The molecule has 0 bridgehead atoms. The fraction of sp³-hybridized carbons (Fsp3) is 0.579. The average molecular weight is 379 g/mol. The van der Waals surface area contributed by atoms with Crippen LogP contribution in [0, 0.1) is 5.41 Å². The quantitative estimate of drug-likeness (QED) is 0.761. The molecule has 2 amide bonds. The number of amides is 2. The Kier molecular flexibility index (Phi) is 5.73. The predicted octanol–water partition coefficient (Wildman–Crippen LogP) is 1.45. The van der Waals surface area contributed by atoms with E-state index >= 15 is 0 Å². The number of rotatable bonds is 6.